The Kier molecular flexibility index (Phi) is 6.44. The first kappa shape index (κ1) is 16.4. The summed E-state index contributed by atoms with van der Waals surface area (Å²) in [6.07, 6.45) is 2.04. The Morgan fingerprint density at radius 1 is 1.40 bits per heavy atom. The van der Waals surface area contributed by atoms with Crippen molar-refractivity contribution in [1.29, 1.82) is 0 Å². The van der Waals surface area contributed by atoms with E-state index >= 15 is 0 Å². The number of hydrogen-bond acceptors (Lipinski definition) is 4. The second kappa shape index (κ2) is 7.84. The number of nitrogens with two attached hydrogens (primary N) is 1. The van der Waals surface area contributed by atoms with Crippen LogP contribution in [0.2, 0.25) is 0 Å². The molecule has 1 saturated heterocycles. The number of rotatable bonds is 7. The Morgan fingerprint density at radius 2 is 2.10 bits per heavy atom. The van der Waals surface area contributed by atoms with Crippen LogP contribution >= 0.6 is 0 Å². The fourth-order valence-corrected chi connectivity index (χ4v) is 2.48. The topological polar surface area (TPSA) is 122 Å². The van der Waals surface area contributed by atoms with E-state index in [-0.39, 0.29) is 24.7 Å². The van der Waals surface area contributed by atoms with Crippen molar-refractivity contribution in [2.75, 3.05) is 13.1 Å². The Bertz CT molecular complexity index is 367. The molecule has 20 heavy (non-hydrogen) atoms. The van der Waals surface area contributed by atoms with Gasteiger partial charge in [-0.1, -0.05) is 6.92 Å². The van der Waals surface area contributed by atoms with E-state index in [9.17, 15) is 14.4 Å². The van der Waals surface area contributed by atoms with Gasteiger partial charge in [0, 0.05) is 6.42 Å². The molecule has 0 aromatic heterocycles. The van der Waals surface area contributed by atoms with Crippen LogP contribution in [0.5, 0.6) is 0 Å². The first-order valence-corrected chi connectivity index (χ1v) is 6.91. The largest absolute Gasteiger partial charge is 0.480 e. The zero-order valence-electron chi connectivity index (χ0n) is 11.7. The van der Waals surface area contributed by atoms with Gasteiger partial charge in [0.2, 0.25) is 11.8 Å². The summed E-state index contributed by atoms with van der Waals surface area (Å²) in [6.45, 7) is 3.88. The molecule has 1 heterocycles. The highest BCUT2D eigenvalue weighted by Crippen LogP contribution is 2.22. The smallest absolute Gasteiger partial charge is 0.326 e. The van der Waals surface area contributed by atoms with Crippen LogP contribution in [0, 0.1) is 11.8 Å². The predicted molar refractivity (Wildman–Crippen MR) is 72.8 cm³/mol. The van der Waals surface area contributed by atoms with E-state index in [4.69, 9.17) is 10.8 Å². The standard InChI is InChI=1S/C13H23N3O4/c1-8(9-3-2-4-15-7-9)5-12(18)16-10(13(19)20)6-11(14)17/h8-10,15H,2-7H2,1H3,(H2,14,17)(H,16,18)(H,19,20). The van der Waals surface area contributed by atoms with Crippen LogP contribution in [-0.2, 0) is 14.4 Å². The van der Waals surface area contributed by atoms with Crippen LogP contribution in [0.25, 0.3) is 0 Å². The molecule has 2 amide bonds. The number of piperidine rings is 1. The van der Waals surface area contributed by atoms with Gasteiger partial charge in [-0.25, -0.2) is 4.79 Å². The summed E-state index contributed by atoms with van der Waals surface area (Å²) in [4.78, 5) is 33.5. The first-order valence-electron chi connectivity index (χ1n) is 6.91. The number of carboxylic acid groups (broad SMARTS) is 1. The van der Waals surface area contributed by atoms with Crippen molar-refractivity contribution in [3.05, 3.63) is 0 Å². The average molecular weight is 285 g/mol. The number of nitrogens with one attached hydrogen (secondary N) is 2. The quantitative estimate of drug-likeness (QED) is 0.500. The minimum absolute atomic E-state index is 0.172. The second-order valence-electron chi connectivity index (χ2n) is 5.42. The van der Waals surface area contributed by atoms with Crippen molar-refractivity contribution in [2.24, 2.45) is 17.6 Å². The highest BCUT2D eigenvalue weighted by Gasteiger charge is 2.25. The fraction of sp³-hybridized carbons (Fsp3) is 0.769. The van der Waals surface area contributed by atoms with E-state index in [1.54, 1.807) is 0 Å². The van der Waals surface area contributed by atoms with Gasteiger partial charge in [-0.05, 0) is 37.8 Å². The number of hydrogen-bond donors (Lipinski definition) is 4. The van der Waals surface area contributed by atoms with Gasteiger partial charge < -0.3 is 21.5 Å². The van der Waals surface area contributed by atoms with Gasteiger partial charge in [-0.3, -0.25) is 9.59 Å². The molecule has 0 spiro atoms. The maximum Gasteiger partial charge on any atom is 0.326 e. The molecule has 1 aliphatic rings. The lowest BCUT2D eigenvalue weighted by Crippen LogP contribution is -2.44. The lowest BCUT2D eigenvalue weighted by atomic mass is 9.85. The molecule has 3 unspecified atom stereocenters. The van der Waals surface area contributed by atoms with E-state index < -0.39 is 17.9 Å². The lowest BCUT2D eigenvalue weighted by molar-refractivity contribution is -0.143. The summed E-state index contributed by atoms with van der Waals surface area (Å²) >= 11 is 0. The van der Waals surface area contributed by atoms with Gasteiger partial charge in [-0.15, -0.1) is 0 Å². The van der Waals surface area contributed by atoms with E-state index in [1.807, 2.05) is 6.92 Å². The number of aliphatic carboxylic acids is 1. The van der Waals surface area contributed by atoms with Crippen LogP contribution < -0.4 is 16.4 Å². The third kappa shape index (κ3) is 5.56. The number of carboxylic acids is 1. The van der Waals surface area contributed by atoms with Gasteiger partial charge in [0.15, 0.2) is 0 Å². The Balaban J connectivity index is 2.43. The van der Waals surface area contributed by atoms with Crippen molar-refractivity contribution >= 4 is 17.8 Å². The number of primary amides is 1. The average Bonchev–Trinajstić information content (AvgIpc) is 2.38. The SMILES string of the molecule is CC(CC(=O)NC(CC(N)=O)C(=O)O)C1CCCNC1. The van der Waals surface area contributed by atoms with Gasteiger partial charge in [0.1, 0.15) is 6.04 Å². The molecular weight excluding hydrogens is 262 g/mol. The minimum atomic E-state index is -1.25. The number of carbonyl (C=O) groups is 3. The molecule has 1 rings (SSSR count). The molecule has 7 heteroatoms. The minimum Gasteiger partial charge on any atom is -0.480 e. The van der Waals surface area contributed by atoms with E-state index in [0.29, 0.717) is 5.92 Å². The van der Waals surface area contributed by atoms with Crippen molar-refractivity contribution < 1.29 is 19.5 Å². The molecule has 1 aliphatic heterocycles. The summed E-state index contributed by atoms with van der Waals surface area (Å²) in [7, 11) is 0. The van der Waals surface area contributed by atoms with Crippen LogP contribution in [0.15, 0.2) is 0 Å². The molecule has 0 aromatic carbocycles. The maximum absolute atomic E-state index is 11.8. The summed E-state index contributed by atoms with van der Waals surface area (Å²) < 4.78 is 0. The maximum atomic E-state index is 11.8. The predicted octanol–water partition coefficient (Wildman–Crippen LogP) is -0.543. The highest BCUT2D eigenvalue weighted by molar-refractivity contribution is 5.88. The van der Waals surface area contributed by atoms with E-state index in [1.165, 1.54) is 0 Å². The molecule has 0 bridgehead atoms. The summed E-state index contributed by atoms with van der Waals surface area (Å²) in [5.74, 6) is -1.75. The van der Waals surface area contributed by atoms with E-state index in [0.717, 1.165) is 25.9 Å². The van der Waals surface area contributed by atoms with Crippen molar-refractivity contribution in [3.8, 4) is 0 Å². The lowest BCUT2D eigenvalue weighted by Gasteiger charge is -2.28. The van der Waals surface area contributed by atoms with E-state index in [2.05, 4.69) is 10.6 Å². The molecule has 0 radical (unpaired) electrons. The van der Waals surface area contributed by atoms with Crippen molar-refractivity contribution in [2.45, 2.75) is 38.6 Å². The molecule has 1 fully saturated rings. The molecule has 5 N–H and O–H groups in total. The van der Waals surface area contributed by atoms with Crippen LogP contribution in [0.4, 0.5) is 0 Å². The summed E-state index contributed by atoms with van der Waals surface area (Å²) in [5.41, 5.74) is 4.96. The van der Waals surface area contributed by atoms with Gasteiger partial charge in [0.25, 0.3) is 0 Å². The molecule has 114 valence electrons. The second-order valence-corrected chi connectivity index (χ2v) is 5.42. The van der Waals surface area contributed by atoms with Crippen molar-refractivity contribution in [3.63, 3.8) is 0 Å². The Labute approximate surface area is 118 Å². The molecule has 7 nitrogen and oxygen atoms in total. The van der Waals surface area contributed by atoms with Gasteiger partial charge in [-0.2, -0.15) is 0 Å². The van der Waals surface area contributed by atoms with Gasteiger partial charge >= 0.3 is 5.97 Å². The molecule has 0 aromatic rings. The van der Waals surface area contributed by atoms with Gasteiger partial charge in [0.05, 0.1) is 6.42 Å². The fourth-order valence-electron chi connectivity index (χ4n) is 2.48. The monoisotopic (exact) mass is 285 g/mol. The van der Waals surface area contributed by atoms with Crippen molar-refractivity contribution in [1.82, 2.24) is 10.6 Å². The number of amides is 2. The number of carbonyl (C=O) groups excluding carboxylic acids is 2. The third-order valence-electron chi connectivity index (χ3n) is 3.69. The highest BCUT2D eigenvalue weighted by atomic mass is 16.4. The van der Waals surface area contributed by atoms with Crippen LogP contribution in [0.3, 0.4) is 0 Å². The zero-order chi connectivity index (χ0) is 15.1. The molecule has 3 atom stereocenters. The first-order chi connectivity index (χ1) is 9.40. The normalized spacial score (nSPS) is 21.8. The summed E-state index contributed by atoms with van der Waals surface area (Å²) in [6, 6.07) is -1.24. The zero-order valence-corrected chi connectivity index (χ0v) is 11.7. The molecule has 0 aliphatic carbocycles. The Hall–Kier alpha value is -1.63. The third-order valence-corrected chi connectivity index (χ3v) is 3.69. The molecular formula is C13H23N3O4. The van der Waals surface area contributed by atoms with Crippen LogP contribution in [-0.4, -0.2) is 42.0 Å². The summed E-state index contributed by atoms with van der Waals surface area (Å²) in [5, 5.41) is 14.6. The van der Waals surface area contributed by atoms with Crippen LogP contribution in [0.1, 0.15) is 32.6 Å². The molecule has 0 saturated carbocycles. The Morgan fingerprint density at radius 3 is 2.60 bits per heavy atom.